The number of hydrogen-bond donors (Lipinski definition) is 3. The Bertz CT molecular complexity index is 682. The molecule has 0 saturated carbocycles. The van der Waals surface area contributed by atoms with Gasteiger partial charge in [0.2, 0.25) is 5.91 Å². The maximum atomic E-state index is 12.4. The number of carboxylic acids is 2. The van der Waals surface area contributed by atoms with Crippen LogP contribution in [0, 0.1) is 11.8 Å². The zero-order valence-corrected chi connectivity index (χ0v) is 11.3. The average molecular weight is 303 g/mol. The summed E-state index contributed by atoms with van der Waals surface area (Å²) >= 11 is 0. The van der Waals surface area contributed by atoms with Crippen molar-refractivity contribution in [2.75, 3.05) is 5.32 Å². The fraction of sp³-hybridized carbons (Fsp3) is 0.267. The van der Waals surface area contributed by atoms with Gasteiger partial charge in [-0.2, -0.15) is 0 Å². The maximum absolute atomic E-state index is 12.4. The predicted octanol–water partition coefficient (Wildman–Crippen LogP) is 0.977. The molecule has 2 bridgehead atoms. The van der Waals surface area contributed by atoms with E-state index in [1.54, 1.807) is 24.3 Å². The molecule has 0 spiro atoms. The van der Waals surface area contributed by atoms with E-state index in [0.29, 0.717) is 0 Å². The molecule has 1 saturated heterocycles. The number of carbonyl (C=O) groups excluding carboxylic acids is 1. The Labute approximate surface area is 125 Å². The summed E-state index contributed by atoms with van der Waals surface area (Å²) < 4.78 is 5.43. The van der Waals surface area contributed by atoms with Crippen LogP contribution in [0.1, 0.15) is 10.4 Å². The molecule has 0 unspecified atom stereocenters. The van der Waals surface area contributed by atoms with Crippen molar-refractivity contribution in [2.24, 2.45) is 11.8 Å². The van der Waals surface area contributed by atoms with Gasteiger partial charge in [0, 0.05) is 0 Å². The van der Waals surface area contributed by atoms with Crippen LogP contribution in [0.25, 0.3) is 0 Å². The molecule has 2 aliphatic heterocycles. The fourth-order valence-electron chi connectivity index (χ4n) is 2.91. The van der Waals surface area contributed by atoms with Crippen molar-refractivity contribution in [1.29, 1.82) is 0 Å². The zero-order valence-electron chi connectivity index (χ0n) is 11.3. The van der Waals surface area contributed by atoms with Crippen molar-refractivity contribution < 1.29 is 29.3 Å². The molecule has 7 heteroatoms. The third-order valence-corrected chi connectivity index (χ3v) is 3.90. The molecule has 0 aromatic heterocycles. The van der Waals surface area contributed by atoms with Crippen LogP contribution >= 0.6 is 0 Å². The summed E-state index contributed by atoms with van der Waals surface area (Å²) in [4.78, 5) is 34.9. The highest BCUT2D eigenvalue weighted by atomic mass is 16.5. The summed E-state index contributed by atoms with van der Waals surface area (Å²) in [6, 6.07) is 5.96. The second-order valence-corrected chi connectivity index (χ2v) is 5.18. The van der Waals surface area contributed by atoms with E-state index >= 15 is 0 Å². The SMILES string of the molecule is O=C(O)c1ccccc1NC(=O)[C@@H]1[C@@H](C(=O)O)[C@H]2C=C[C@H]1O2. The van der Waals surface area contributed by atoms with Gasteiger partial charge in [-0.25, -0.2) is 4.79 Å². The third kappa shape index (κ3) is 2.25. The van der Waals surface area contributed by atoms with Crippen molar-refractivity contribution >= 4 is 23.5 Å². The van der Waals surface area contributed by atoms with Crippen molar-refractivity contribution in [2.45, 2.75) is 12.2 Å². The van der Waals surface area contributed by atoms with E-state index in [0.717, 1.165) is 0 Å². The van der Waals surface area contributed by atoms with Crippen LogP contribution in [-0.4, -0.2) is 40.3 Å². The van der Waals surface area contributed by atoms with Crippen LogP contribution in [0.4, 0.5) is 5.69 Å². The lowest BCUT2D eigenvalue weighted by molar-refractivity contribution is -0.145. The molecule has 114 valence electrons. The van der Waals surface area contributed by atoms with Crippen molar-refractivity contribution in [3.05, 3.63) is 42.0 Å². The highest BCUT2D eigenvalue weighted by Gasteiger charge is 2.53. The molecule has 22 heavy (non-hydrogen) atoms. The fourth-order valence-corrected chi connectivity index (χ4v) is 2.91. The van der Waals surface area contributed by atoms with Gasteiger partial charge in [0.15, 0.2) is 0 Å². The largest absolute Gasteiger partial charge is 0.481 e. The molecule has 3 N–H and O–H groups in total. The zero-order chi connectivity index (χ0) is 15.9. The molecule has 3 rings (SSSR count). The quantitative estimate of drug-likeness (QED) is 0.715. The van der Waals surface area contributed by atoms with Crippen LogP contribution in [0.2, 0.25) is 0 Å². The number of benzene rings is 1. The molecule has 1 aromatic rings. The smallest absolute Gasteiger partial charge is 0.337 e. The maximum Gasteiger partial charge on any atom is 0.337 e. The number of carbonyl (C=O) groups is 3. The van der Waals surface area contributed by atoms with Gasteiger partial charge in [-0.15, -0.1) is 0 Å². The molecule has 0 aliphatic carbocycles. The summed E-state index contributed by atoms with van der Waals surface area (Å²) in [6.45, 7) is 0. The van der Waals surface area contributed by atoms with E-state index < -0.39 is 41.9 Å². The summed E-state index contributed by atoms with van der Waals surface area (Å²) in [7, 11) is 0. The van der Waals surface area contributed by atoms with Gasteiger partial charge in [-0.3, -0.25) is 9.59 Å². The number of fused-ring (bicyclic) bond motifs is 2. The normalized spacial score (nSPS) is 28.5. The van der Waals surface area contributed by atoms with Crippen LogP contribution in [0.3, 0.4) is 0 Å². The number of aromatic carboxylic acids is 1. The van der Waals surface area contributed by atoms with E-state index in [1.165, 1.54) is 12.1 Å². The Balaban J connectivity index is 1.85. The predicted molar refractivity (Wildman–Crippen MR) is 74.4 cm³/mol. The van der Waals surface area contributed by atoms with E-state index in [4.69, 9.17) is 9.84 Å². The Morgan fingerprint density at radius 3 is 2.27 bits per heavy atom. The van der Waals surface area contributed by atoms with Crippen LogP contribution in [-0.2, 0) is 14.3 Å². The van der Waals surface area contributed by atoms with Crippen molar-refractivity contribution in [1.82, 2.24) is 0 Å². The van der Waals surface area contributed by atoms with Gasteiger partial charge in [0.25, 0.3) is 0 Å². The lowest BCUT2D eigenvalue weighted by Crippen LogP contribution is -2.39. The van der Waals surface area contributed by atoms with Gasteiger partial charge < -0.3 is 20.3 Å². The van der Waals surface area contributed by atoms with E-state index in [9.17, 15) is 19.5 Å². The van der Waals surface area contributed by atoms with Gasteiger partial charge in [-0.1, -0.05) is 24.3 Å². The summed E-state index contributed by atoms with van der Waals surface area (Å²) in [5.74, 6) is -4.68. The third-order valence-electron chi connectivity index (χ3n) is 3.90. The molecule has 1 amide bonds. The lowest BCUT2D eigenvalue weighted by atomic mass is 9.82. The number of carboxylic acid groups (broad SMARTS) is 2. The number of ether oxygens (including phenoxy) is 1. The standard InChI is InChI=1S/C15H13NO6/c17-13(16-8-4-2-1-3-7(8)14(18)19)11-9-5-6-10(22-9)12(11)15(20)21/h1-6,9-12H,(H,16,17)(H,18,19)(H,20,21)/t9-,10-,11+,12+/m1/s1. The Hall–Kier alpha value is -2.67. The molecular weight excluding hydrogens is 290 g/mol. The van der Waals surface area contributed by atoms with Gasteiger partial charge in [-0.05, 0) is 12.1 Å². The number of nitrogens with one attached hydrogen (secondary N) is 1. The lowest BCUT2D eigenvalue weighted by Gasteiger charge is -2.21. The number of anilines is 1. The molecular formula is C15H13NO6. The van der Waals surface area contributed by atoms with Gasteiger partial charge >= 0.3 is 11.9 Å². The molecule has 0 radical (unpaired) electrons. The number of amides is 1. The first kappa shape index (κ1) is 14.3. The molecule has 4 atom stereocenters. The minimum Gasteiger partial charge on any atom is -0.481 e. The first-order valence-electron chi connectivity index (χ1n) is 6.69. The van der Waals surface area contributed by atoms with Crippen molar-refractivity contribution in [3.63, 3.8) is 0 Å². The van der Waals surface area contributed by atoms with Crippen LogP contribution in [0.15, 0.2) is 36.4 Å². The number of aliphatic carboxylic acids is 1. The second kappa shape index (κ2) is 5.27. The minimum absolute atomic E-state index is 0.0534. The minimum atomic E-state index is -1.17. The highest BCUT2D eigenvalue weighted by Crippen LogP contribution is 2.40. The van der Waals surface area contributed by atoms with Gasteiger partial charge in [0.05, 0.1) is 29.4 Å². The van der Waals surface area contributed by atoms with Gasteiger partial charge in [0.1, 0.15) is 5.92 Å². The van der Waals surface area contributed by atoms with Crippen LogP contribution < -0.4 is 5.32 Å². The van der Waals surface area contributed by atoms with Crippen molar-refractivity contribution in [3.8, 4) is 0 Å². The number of para-hydroxylation sites is 1. The van der Waals surface area contributed by atoms with Crippen LogP contribution in [0.5, 0.6) is 0 Å². The van der Waals surface area contributed by atoms with E-state index in [2.05, 4.69) is 5.32 Å². The monoisotopic (exact) mass is 303 g/mol. The number of rotatable bonds is 4. The topological polar surface area (TPSA) is 113 Å². The first-order chi connectivity index (χ1) is 10.5. The molecule has 2 heterocycles. The second-order valence-electron chi connectivity index (χ2n) is 5.18. The Morgan fingerprint density at radius 2 is 1.64 bits per heavy atom. The number of hydrogen-bond acceptors (Lipinski definition) is 4. The molecule has 1 fully saturated rings. The Kier molecular flexibility index (Phi) is 3.42. The van der Waals surface area contributed by atoms with E-state index in [-0.39, 0.29) is 11.3 Å². The molecule has 2 aliphatic rings. The average Bonchev–Trinajstić information content (AvgIpc) is 3.08. The summed E-state index contributed by atoms with van der Waals surface area (Å²) in [6.07, 6.45) is 2.09. The van der Waals surface area contributed by atoms with E-state index in [1.807, 2.05) is 0 Å². The summed E-state index contributed by atoms with van der Waals surface area (Å²) in [5, 5.41) is 20.9. The summed E-state index contributed by atoms with van der Waals surface area (Å²) in [5.41, 5.74) is 0.0817. The Morgan fingerprint density at radius 1 is 1.00 bits per heavy atom. The highest BCUT2D eigenvalue weighted by molar-refractivity contribution is 6.02. The first-order valence-corrected chi connectivity index (χ1v) is 6.69. The molecule has 7 nitrogen and oxygen atoms in total. The molecule has 1 aromatic carbocycles.